The second-order valence-electron chi connectivity index (χ2n) is 3.98. The van der Waals surface area contributed by atoms with E-state index in [0.717, 1.165) is 5.56 Å². The Labute approximate surface area is 144 Å². The third kappa shape index (κ3) is 3.95. The number of amides is 1. The Morgan fingerprint density at radius 1 is 1.48 bits per heavy atom. The number of methoxy groups -OCH3 is 1. The fraction of sp³-hybridized carbons (Fsp3) is 0.154. The minimum Gasteiger partial charge on any atom is -0.493 e. The number of esters is 1. The zero-order chi connectivity index (χ0) is 15.6. The summed E-state index contributed by atoms with van der Waals surface area (Å²) in [4.78, 5) is 23.3. The van der Waals surface area contributed by atoms with Gasteiger partial charge in [-0.3, -0.25) is 9.59 Å². The molecular weight excluding hydrogens is 425 g/mol. The SMILES string of the molecule is COc1cc(C=C2SC(=S)NC2=O)cc(I)c1OC(C)=O. The fourth-order valence-electron chi connectivity index (χ4n) is 1.64. The summed E-state index contributed by atoms with van der Waals surface area (Å²) in [6.07, 6.45) is 1.71. The van der Waals surface area contributed by atoms with Gasteiger partial charge in [0.15, 0.2) is 11.5 Å². The molecule has 1 aliphatic heterocycles. The second kappa shape index (κ2) is 6.75. The number of benzene rings is 1. The second-order valence-corrected chi connectivity index (χ2v) is 6.86. The maximum absolute atomic E-state index is 11.7. The Kier molecular flexibility index (Phi) is 5.22. The van der Waals surface area contributed by atoms with Crippen molar-refractivity contribution in [1.29, 1.82) is 0 Å². The molecule has 1 aliphatic rings. The van der Waals surface area contributed by atoms with Gasteiger partial charge in [0.2, 0.25) is 0 Å². The van der Waals surface area contributed by atoms with Crippen LogP contribution in [0.4, 0.5) is 0 Å². The number of halogens is 1. The molecule has 1 aromatic carbocycles. The number of thiocarbonyl (C=S) groups is 1. The molecule has 8 heteroatoms. The van der Waals surface area contributed by atoms with Crippen molar-refractivity contribution in [3.05, 3.63) is 26.2 Å². The Morgan fingerprint density at radius 3 is 2.71 bits per heavy atom. The molecule has 21 heavy (non-hydrogen) atoms. The van der Waals surface area contributed by atoms with Crippen molar-refractivity contribution in [1.82, 2.24) is 5.32 Å². The molecular formula is C13H10INO4S2. The molecule has 0 aliphatic carbocycles. The van der Waals surface area contributed by atoms with Crippen molar-refractivity contribution in [3.8, 4) is 11.5 Å². The summed E-state index contributed by atoms with van der Waals surface area (Å²) in [5.41, 5.74) is 0.759. The summed E-state index contributed by atoms with van der Waals surface area (Å²) in [6, 6.07) is 3.49. The Hall–Kier alpha value is -1.13. The minimum absolute atomic E-state index is 0.219. The van der Waals surface area contributed by atoms with Gasteiger partial charge >= 0.3 is 5.97 Å². The maximum Gasteiger partial charge on any atom is 0.308 e. The molecule has 0 radical (unpaired) electrons. The number of ether oxygens (including phenoxy) is 2. The summed E-state index contributed by atoms with van der Waals surface area (Å²) in [7, 11) is 1.49. The molecule has 2 rings (SSSR count). The van der Waals surface area contributed by atoms with Crippen molar-refractivity contribution in [2.24, 2.45) is 0 Å². The van der Waals surface area contributed by atoms with Crippen molar-refractivity contribution in [3.63, 3.8) is 0 Å². The zero-order valence-corrected chi connectivity index (χ0v) is 14.8. The van der Waals surface area contributed by atoms with E-state index in [-0.39, 0.29) is 5.91 Å². The Bertz CT molecular complexity index is 672. The summed E-state index contributed by atoms with van der Waals surface area (Å²) >= 11 is 8.19. The van der Waals surface area contributed by atoms with E-state index in [2.05, 4.69) is 5.32 Å². The Balaban J connectivity index is 2.41. The highest BCUT2D eigenvalue weighted by atomic mass is 127. The van der Waals surface area contributed by atoms with Gasteiger partial charge in [0.1, 0.15) is 4.32 Å². The molecule has 0 unspecified atom stereocenters. The van der Waals surface area contributed by atoms with Crippen LogP contribution in [0.3, 0.4) is 0 Å². The molecule has 1 N–H and O–H groups in total. The van der Waals surface area contributed by atoms with E-state index in [9.17, 15) is 9.59 Å². The van der Waals surface area contributed by atoms with Crippen LogP contribution in [0.25, 0.3) is 6.08 Å². The summed E-state index contributed by atoms with van der Waals surface area (Å²) in [5.74, 6) is 0.151. The number of hydrogen-bond acceptors (Lipinski definition) is 6. The van der Waals surface area contributed by atoms with Crippen molar-refractivity contribution in [2.45, 2.75) is 6.92 Å². The molecule has 1 amide bonds. The lowest BCUT2D eigenvalue weighted by Crippen LogP contribution is -2.17. The van der Waals surface area contributed by atoms with Gasteiger partial charge in [-0.05, 0) is 46.4 Å². The standard InChI is InChI=1S/C13H10INO4S2/c1-6(16)19-11-8(14)3-7(4-9(11)18-2)5-10-12(17)15-13(20)21-10/h3-5H,1-2H3,(H,15,17,20). The number of nitrogens with one attached hydrogen (secondary N) is 1. The highest BCUT2D eigenvalue weighted by Crippen LogP contribution is 2.35. The quantitative estimate of drug-likeness (QED) is 0.259. The van der Waals surface area contributed by atoms with Gasteiger partial charge < -0.3 is 14.8 Å². The third-order valence-electron chi connectivity index (χ3n) is 2.44. The van der Waals surface area contributed by atoms with E-state index in [1.165, 1.54) is 25.8 Å². The van der Waals surface area contributed by atoms with Crippen LogP contribution < -0.4 is 14.8 Å². The van der Waals surface area contributed by atoms with E-state index in [1.54, 1.807) is 18.2 Å². The van der Waals surface area contributed by atoms with Crippen LogP contribution in [0.2, 0.25) is 0 Å². The lowest BCUT2D eigenvalue weighted by molar-refractivity contribution is -0.132. The molecule has 5 nitrogen and oxygen atoms in total. The van der Waals surface area contributed by atoms with Crippen LogP contribution >= 0.6 is 46.6 Å². The monoisotopic (exact) mass is 435 g/mol. The molecule has 0 atom stereocenters. The number of hydrogen-bond donors (Lipinski definition) is 1. The first-order chi connectivity index (χ1) is 9.90. The van der Waals surface area contributed by atoms with Crippen LogP contribution in [0, 0.1) is 3.57 Å². The molecule has 0 aromatic heterocycles. The van der Waals surface area contributed by atoms with Gasteiger partial charge in [0.05, 0.1) is 15.6 Å². The highest BCUT2D eigenvalue weighted by molar-refractivity contribution is 14.1. The van der Waals surface area contributed by atoms with E-state index in [1.807, 2.05) is 22.6 Å². The zero-order valence-electron chi connectivity index (χ0n) is 11.1. The van der Waals surface area contributed by atoms with Crippen molar-refractivity contribution < 1.29 is 19.1 Å². The van der Waals surface area contributed by atoms with E-state index < -0.39 is 5.97 Å². The molecule has 1 saturated heterocycles. The van der Waals surface area contributed by atoms with Crippen LogP contribution in [0.15, 0.2) is 17.0 Å². The molecule has 0 bridgehead atoms. The van der Waals surface area contributed by atoms with Crippen LogP contribution in [-0.4, -0.2) is 23.3 Å². The third-order valence-corrected chi connectivity index (χ3v) is 4.40. The van der Waals surface area contributed by atoms with Gasteiger partial charge in [-0.2, -0.15) is 0 Å². The predicted octanol–water partition coefficient (Wildman–Crippen LogP) is 2.71. The summed E-state index contributed by atoms with van der Waals surface area (Å²) in [5, 5.41) is 2.55. The van der Waals surface area contributed by atoms with Gasteiger partial charge in [-0.15, -0.1) is 0 Å². The largest absolute Gasteiger partial charge is 0.493 e. The van der Waals surface area contributed by atoms with Crippen LogP contribution in [-0.2, 0) is 9.59 Å². The summed E-state index contributed by atoms with van der Waals surface area (Å²) < 4.78 is 11.5. The lowest BCUT2D eigenvalue weighted by atomic mass is 10.2. The average Bonchev–Trinajstić information content (AvgIpc) is 2.70. The number of rotatable bonds is 3. The predicted molar refractivity (Wildman–Crippen MR) is 93.3 cm³/mol. The van der Waals surface area contributed by atoms with E-state index in [4.69, 9.17) is 21.7 Å². The first-order valence-corrected chi connectivity index (χ1v) is 8.02. The molecule has 1 aromatic rings. The fourth-order valence-corrected chi connectivity index (χ4v) is 3.42. The maximum atomic E-state index is 11.7. The minimum atomic E-state index is -0.423. The first-order valence-electron chi connectivity index (χ1n) is 5.71. The smallest absolute Gasteiger partial charge is 0.308 e. The van der Waals surface area contributed by atoms with Gasteiger partial charge in [0.25, 0.3) is 5.91 Å². The molecule has 1 heterocycles. The first kappa shape index (κ1) is 16.2. The van der Waals surface area contributed by atoms with E-state index >= 15 is 0 Å². The van der Waals surface area contributed by atoms with Crippen molar-refractivity contribution in [2.75, 3.05) is 7.11 Å². The highest BCUT2D eigenvalue weighted by Gasteiger charge is 2.22. The van der Waals surface area contributed by atoms with Gasteiger partial charge in [0, 0.05) is 6.92 Å². The number of carbonyl (C=O) groups is 2. The van der Waals surface area contributed by atoms with Gasteiger partial charge in [-0.25, -0.2) is 0 Å². The number of thioether (sulfide) groups is 1. The topological polar surface area (TPSA) is 64.6 Å². The lowest BCUT2D eigenvalue weighted by Gasteiger charge is -2.11. The van der Waals surface area contributed by atoms with E-state index in [0.29, 0.717) is 24.3 Å². The normalized spacial score (nSPS) is 16.0. The molecule has 1 fully saturated rings. The Morgan fingerprint density at radius 2 is 2.19 bits per heavy atom. The average molecular weight is 435 g/mol. The van der Waals surface area contributed by atoms with Gasteiger partial charge in [-0.1, -0.05) is 24.0 Å². The van der Waals surface area contributed by atoms with Crippen molar-refractivity contribution >= 4 is 68.8 Å². The van der Waals surface area contributed by atoms with Crippen LogP contribution in [0.1, 0.15) is 12.5 Å². The molecule has 0 spiro atoms. The molecule has 110 valence electrons. The molecule has 0 saturated carbocycles. The summed E-state index contributed by atoms with van der Waals surface area (Å²) in [6.45, 7) is 1.33. The number of carbonyl (C=O) groups excluding carboxylic acids is 2. The van der Waals surface area contributed by atoms with Crippen LogP contribution in [0.5, 0.6) is 11.5 Å².